The molecule has 5 N–H and O–H groups in total. The van der Waals surface area contributed by atoms with Crippen LogP contribution in [0.25, 0.3) is 6.08 Å². The van der Waals surface area contributed by atoms with Crippen LogP contribution in [0.15, 0.2) is 12.3 Å². The molecule has 1 heterocycles. The molecule has 0 unspecified atom stereocenters. The number of hydrogen-bond donors (Lipinski definition) is 4. The van der Waals surface area contributed by atoms with Crippen molar-refractivity contribution in [3.8, 4) is 0 Å². The third-order valence-corrected chi connectivity index (χ3v) is 3.21. The number of aliphatic carboxylic acids is 1. The maximum atomic E-state index is 11.7. The Labute approximate surface area is 128 Å². The zero-order chi connectivity index (χ0) is 16.7. The monoisotopic (exact) mass is 307 g/mol. The van der Waals surface area contributed by atoms with Crippen molar-refractivity contribution in [3.05, 3.63) is 29.1 Å². The Morgan fingerprint density at radius 3 is 2.64 bits per heavy atom. The van der Waals surface area contributed by atoms with E-state index in [4.69, 9.17) is 10.8 Å². The molecule has 0 saturated heterocycles. The summed E-state index contributed by atoms with van der Waals surface area (Å²) in [6.07, 6.45) is 5.33. The lowest BCUT2D eigenvalue weighted by molar-refractivity contribution is -0.139. The number of allylic oxidation sites excluding steroid dienone is 1. The molecule has 0 bridgehead atoms. The van der Waals surface area contributed by atoms with Crippen molar-refractivity contribution in [1.29, 1.82) is 0 Å². The summed E-state index contributed by atoms with van der Waals surface area (Å²) in [7, 11) is 0. The largest absolute Gasteiger partial charge is 0.481 e. The molecule has 7 heteroatoms. The SMILES string of the molecule is C/C=C\c1c(C[C@H](NC(=O)CCC(=O)O)C(N)=O)c[nH]c1C. The van der Waals surface area contributed by atoms with E-state index in [0.29, 0.717) is 0 Å². The number of aryl methyl sites for hydroxylation is 1. The van der Waals surface area contributed by atoms with Gasteiger partial charge in [0, 0.05) is 24.7 Å². The number of nitrogens with one attached hydrogen (secondary N) is 2. The van der Waals surface area contributed by atoms with Gasteiger partial charge in [-0.1, -0.05) is 12.2 Å². The molecule has 1 aromatic heterocycles. The summed E-state index contributed by atoms with van der Waals surface area (Å²) in [4.78, 5) is 36.7. The van der Waals surface area contributed by atoms with Crippen molar-refractivity contribution in [2.45, 2.75) is 39.2 Å². The number of aromatic amines is 1. The van der Waals surface area contributed by atoms with Crippen molar-refractivity contribution >= 4 is 23.9 Å². The van der Waals surface area contributed by atoms with Crippen LogP contribution in [0.4, 0.5) is 0 Å². The normalized spacial score (nSPS) is 12.3. The number of amides is 2. The lowest BCUT2D eigenvalue weighted by Crippen LogP contribution is -2.45. The molecule has 0 aromatic carbocycles. The number of carbonyl (C=O) groups excluding carboxylic acids is 2. The smallest absolute Gasteiger partial charge is 0.303 e. The highest BCUT2D eigenvalue weighted by Crippen LogP contribution is 2.17. The number of carboxylic acid groups (broad SMARTS) is 1. The van der Waals surface area contributed by atoms with Gasteiger partial charge in [0.15, 0.2) is 0 Å². The molecule has 0 aliphatic rings. The Bertz CT molecular complexity index is 590. The number of carbonyl (C=O) groups is 3. The van der Waals surface area contributed by atoms with Crippen molar-refractivity contribution in [1.82, 2.24) is 10.3 Å². The molecule has 120 valence electrons. The Morgan fingerprint density at radius 2 is 2.09 bits per heavy atom. The minimum Gasteiger partial charge on any atom is -0.481 e. The molecule has 0 spiro atoms. The number of nitrogens with two attached hydrogens (primary N) is 1. The summed E-state index contributed by atoms with van der Waals surface area (Å²) in [5.41, 5.74) is 8.09. The van der Waals surface area contributed by atoms with E-state index >= 15 is 0 Å². The number of rotatable bonds is 8. The fourth-order valence-corrected chi connectivity index (χ4v) is 2.09. The van der Waals surface area contributed by atoms with E-state index in [-0.39, 0.29) is 19.3 Å². The van der Waals surface area contributed by atoms with E-state index in [0.717, 1.165) is 16.8 Å². The number of aromatic nitrogens is 1. The molecule has 0 aliphatic carbocycles. The number of primary amides is 1. The number of H-pyrrole nitrogens is 1. The van der Waals surface area contributed by atoms with E-state index < -0.39 is 23.8 Å². The van der Waals surface area contributed by atoms with Gasteiger partial charge in [0.1, 0.15) is 6.04 Å². The molecule has 1 rings (SSSR count). The van der Waals surface area contributed by atoms with Gasteiger partial charge in [-0.2, -0.15) is 0 Å². The van der Waals surface area contributed by atoms with Crippen LogP contribution < -0.4 is 11.1 Å². The van der Waals surface area contributed by atoms with Crippen LogP contribution in [0.3, 0.4) is 0 Å². The van der Waals surface area contributed by atoms with Crippen LogP contribution in [0.5, 0.6) is 0 Å². The lowest BCUT2D eigenvalue weighted by atomic mass is 10.0. The maximum absolute atomic E-state index is 11.7. The Morgan fingerprint density at radius 1 is 1.41 bits per heavy atom. The van der Waals surface area contributed by atoms with Crippen molar-refractivity contribution < 1.29 is 19.5 Å². The van der Waals surface area contributed by atoms with Gasteiger partial charge in [0.25, 0.3) is 0 Å². The van der Waals surface area contributed by atoms with Gasteiger partial charge in [0.05, 0.1) is 6.42 Å². The highest BCUT2D eigenvalue weighted by molar-refractivity contribution is 5.88. The van der Waals surface area contributed by atoms with Crippen LogP contribution in [-0.2, 0) is 20.8 Å². The summed E-state index contributed by atoms with van der Waals surface area (Å²) in [6.45, 7) is 3.79. The van der Waals surface area contributed by atoms with Crippen molar-refractivity contribution in [2.75, 3.05) is 0 Å². The van der Waals surface area contributed by atoms with Gasteiger partial charge >= 0.3 is 5.97 Å². The van der Waals surface area contributed by atoms with Crippen LogP contribution >= 0.6 is 0 Å². The molecule has 0 radical (unpaired) electrons. The highest BCUT2D eigenvalue weighted by Gasteiger charge is 2.21. The molecule has 0 aliphatic heterocycles. The molecule has 2 amide bonds. The highest BCUT2D eigenvalue weighted by atomic mass is 16.4. The predicted octanol–water partition coefficient (Wildman–Crippen LogP) is 0.734. The van der Waals surface area contributed by atoms with Gasteiger partial charge in [-0.15, -0.1) is 0 Å². The molecule has 0 saturated carbocycles. The van der Waals surface area contributed by atoms with Gasteiger partial charge < -0.3 is 21.1 Å². The molecular weight excluding hydrogens is 286 g/mol. The van der Waals surface area contributed by atoms with Gasteiger partial charge in [-0.05, 0) is 25.0 Å². The third-order valence-electron chi connectivity index (χ3n) is 3.21. The van der Waals surface area contributed by atoms with Gasteiger partial charge in [-0.25, -0.2) is 0 Å². The summed E-state index contributed by atoms with van der Waals surface area (Å²) >= 11 is 0. The molecule has 1 aromatic rings. The van der Waals surface area contributed by atoms with Crippen molar-refractivity contribution in [2.24, 2.45) is 5.73 Å². The van der Waals surface area contributed by atoms with E-state index in [1.807, 2.05) is 26.0 Å². The lowest BCUT2D eigenvalue weighted by Gasteiger charge is -2.15. The average molecular weight is 307 g/mol. The first kappa shape index (κ1) is 17.5. The topological polar surface area (TPSA) is 125 Å². The summed E-state index contributed by atoms with van der Waals surface area (Å²) < 4.78 is 0. The standard InChI is InChI=1S/C15H21N3O4/c1-3-4-11-9(2)17-8-10(11)7-12(15(16)22)18-13(19)5-6-14(20)21/h3-4,8,12,17H,5-7H2,1-2H3,(H2,16,22)(H,18,19)(H,20,21)/b4-3-/t12-/m0/s1. The van der Waals surface area contributed by atoms with E-state index in [1.54, 1.807) is 6.20 Å². The second-order valence-corrected chi connectivity index (χ2v) is 4.97. The molecule has 22 heavy (non-hydrogen) atoms. The second-order valence-electron chi connectivity index (χ2n) is 4.97. The first-order valence-corrected chi connectivity index (χ1v) is 6.95. The van der Waals surface area contributed by atoms with Crippen LogP contribution in [0.2, 0.25) is 0 Å². The van der Waals surface area contributed by atoms with Crippen LogP contribution in [0.1, 0.15) is 36.6 Å². The van der Waals surface area contributed by atoms with Crippen molar-refractivity contribution in [3.63, 3.8) is 0 Å². The van der Waals surface area contributed by atoms with Crippen LogP contribution in [-0.4, -0.2) is 33.9 Å². The number of hydrogen-bond acceptors (Lipinski definition) is 3. The first-order chi connectivity index (χ1) is 10.3. The third kappa shape index (κ3) is 5.08. The molecule has 0 fully saturated rings. The summed E-state index contributed by atoms with van der Waals surface area (Å²) in [6, 6.07) is -0.875. The fourth-order valence-electron chi connectivity index (χ4n) is 2.09. The van der Waals surface area contributed by atoms with Crippen LogP contribution in [0, 0.1) is 6.92 Å². The predicted molar refractivity (Wildman–Crippen MR) is 81.9 cm³/mol. The van der Waals surface area contributed by atoms with E-state index in [1.165, 1.54) is 0 Å². The average Bonchev–Trinajstić information content (AvgIpc) is 2.77. The second kappa shape index (κ2) is 8.02. The first-order valence-electron chi connectivity index (χ1n) is 6.95. The zero-order valence-electron chi connectivity index (χ0n) is 12.7. The summed E-state index contributed by atoms with van der Waals surface area (Å²) in [5.74, 6) is -2.23. The Balaban J connectivity index is 2.79. The quantitative estimate of drug-likeness (QED) is 0.565. The zero-order valence-corrected chi connectivity index (χ0v) is 12.7. The van der Waals surface area contributed by atoms with E-state index in [2.05, 4.69) is 10.3 Å². The molecule has 1 atom stereocenters. The van der Waals surface area contributed by atoms with Gasteiger partial charge in [-0.3, -0.25) is 14.4 Å². The molecular formula is C15H21N3O4. The molecule has 7 nitrogen and oxygen atoms in total. The Kier molecular flexibility index (Phi) is 6.37. The maximum Gasteiger partial charge on any atom is 0.303 e. The van der Waals surface area contributed by atoms with Gasteiger partial charge in [0.2, 0.25) is 11.8 Å². The summed E-state index contributed by atoms with van der Waals surface area (Å²) in [5, 5.41) is 11.0. The van der Waals surface area contributed by atoms with E-state index in [9.17, 15) is 14.4 Å². The minimum absolute atomic E-state index is 0.188. The number of carboxylic acids is 1. The minimum atomic E-state index is -1.07. The Hall–Kier alpha value is -2.57. The fraction of sp³-hybridized carbons (Fsp3) is 0.400.